The Morgan fingerprint density at radius 1 is 0.552 bits per heavy atom. The second-order valence-electron chi connectivity index (χ2n) is 7.59. The first kappa shape index (κ1) is 21.1. The monoisotopic (exact) mass is 391 g/mol. The highest BCUT2D eigenvalue weighted by Crippen LogP contribution is 2.38. The number of aliphatic hydroxyl groups is 3. The summed E-state index contributed by atoms with van der Waals surface area (Å²) in [5.41, 5.74) is 9.89. The Hall–Kier alpha value is -2.66. The summed E-state index contributed by atoms with van der Waals surface area (Å²) in [6.07, 6.45) is 0. The topological polar surface area (TPSA) is 63.9 Å². The lowest BCUT2D eigenvalue weighted by Crippen LogP contribution is -2.12. The van der Waals surface area contributed by atoms with Crippen LogP contribution in [-0.2, 0) is 19.8 Å². The molecule has 3 N–H and O–H groups in total. The average molecular weight is 392 g/mol. The van der Waals surface area contributed by atoms with Crippen LogP contribution in [0, 0.1) is 27.7 Å². The van der Waals surface area contributed by atoms with E-state index in [0.29, 0.717) is 0 Å². The van der Waals surface area contributed by atoms with Crippen LogP contribution >= 0.6 is 0 Å². The summed E-state index contributed by atoms with van der Waals surface area (Å²) in [7, 11) is 0. The van der Waals surface area contributed by atoms with E-state index in [4.69, 9.17) is 0 Å². The maximum atomic E-state index is 9.69. The molecule has 0 heterocycles. The number of rotatable bonds is 6. The van der Waals surface area contributed by atoms with E-state index in [9.17, 15) is 15.3 Å². The van der Waals surface area contributed by atoms with Crippen LogP contribution in [0.25, 0.3) is 0 Å². The maximum absolute atomic E-state index is 9.69. The first-order valence-corrected chi connectivity index (χ1v) is 9.81. The van der Waals surface area contributed by atoms with Gasteiger partial charge in [-0.1, -0.05) is 12.1 Å². The van der Waals surface area contributed by atoms with Gasteiger partial charge in [-0.15, -0.1) is 0 Å². The van der Waals surface area contributed by atoms with E-state index in [1.807, 2.05) is 52.0 Å². The molecular formula is C25H29NO3. The summed E-state index contributed by atoms with van der Waals surface area (Å²) >= 11 is 0. The molecule has 0 fully saturated rings. The zero-order chi connectivity index (χ0) is 21.1. The Labute approximate surface area is 172 Å². The van der Waals surface area contributed by atoms with Gasteiger partial charge in [-0.05, 0) is 103 Å². The smallest absolute Gasteiger partial charge is 0.0687 e. The largest absolute Gasteiger partial charge is 0.392 e. The van der Waals surface area contributed by atoms with E-state index in [1.165, 1.54) is 0 Å². The van der Waals surface area contributed by atoms with Crippen molar-refractivity contribution in [3.8, 4) is 0 Å². The molecule has 4 nitrogen and oxygen atoms in total. The normalized spacial score (nSPS) is 11.0. The van der Waals surface area contributed by atoms with Crippen molar-refractivity contribution in [3.63, 3.8) is 0 Å². The number of aliphatic hydroxyl groups excluding tert-OH is 3. The van der Waals surface area contributed by atoms with Crippen molar-refractivity contribution >= 4 is 17.1 Å². The quantitative estimate of drug-likeness (QED) is 0.561. The number of anilines is 3. The molecule has 0 saturated carbocycles. The number of hydrogen-bond donors (Lipinski definition) is 3. The van der Waals surface area contributed by atoms with Crippen LogP contribution in [-0.4, -0.2) is 15.3 Å². The van der Waals surface area contributed by atoms with E-state index < -0.39 is 0 Å². The van der Waals surface area contributed by atoms with Crippen LogP contribution < -0.4 is 4.90 Å². The van der Waals surface area contributed by atoms with Crippen molar-refractivity contribution in [1.29, 1.82) is 0 Å². The summed E-state index contributed by atoms with van der Waals surface area (Å²) in [6.45, 7) is 8.07. The van der Waals surface area contributed by atoms with Crippen LogP contribution in [0.5, 0.6) is 0 Å². The average Bonchev–Trinajstić information content (AvgIpc) is 2.68. The molecule has 0 bridgehead atoms. The molecule has 3 aromatic carbocycles. The third-order valence-electron chi connectivity index (χ3n) is 5.61. The van der Waals surface area contributed by atoms with Gasteiger partial charge in [-0.2, -0.15) is 0 Å². The van der Waals surface area contributed by atoms with Crippen LogP contribution in [0.1, 0.15) is 38.9 Å². The Morgan fingerprint density at radius 2 is 0.966 bits per heavy atom. The highest BCUT2D eigenvalue weighted by Gasteiger charge is 2.16. The van der Waals surface area contributed by atoms with Gasteiger partial charge in [0.15, 0.2) is 0 Å². The summed E-state index contributed by atoms with van der Waals surface area (Å²) in [6, 6.07) is 16.3. The molecule has 0 amide bonds. The Balaban J connectivity index is 2.22. The predicted molar refractivity (Wildman–Crippen MR) is 118 cm³/mol. The molecule has 29 heavy (non-hydrogen) atoms. The molecule has 3 rings (SSSR count). The van der Waals surface area contributed by atoms with Gasteiger partial charge in [0.2, 0.25) is 0 Å². The van der Waals surface area contributed by atoms with E-state index in [0.717, 1.165) is 56.0 Å². The van der Waals surface area contributed by atoms with Crippen LogP contribution in [0.4, 0.5) is 17.1 Å². The Morgan fingerprint density at radius 3 is 1.31 bits per heavy atom. The number of nitrogens with zero attached hydrogens (tertiary/aromatic N) is 1. The van der Waals surface area contributed by atoms with Crippen molar-refractivity contribution in [2.24, 2.45) is 0 Å². The first-order valence-electron chi connectivity index (χ1n) is 9.81. The van der Waals surface area contributed by atoms with Crippen molar-refractivity contribution in [1.82, 2.24) is 0 Å². The maximum Gasteiger partial charge on any atom is 0.0687 e. The lowest BCUT2D eigenvalue weighted by atomic mass is 10.00. The summed E-state index contributed by atoms with van der Waals surface area (Å²) in [5, 5.41) is 28.8. The zero-order valence-electron chi connectivity index (χ0n) is 17.5. The van der Waals surface area contributed by atoms with Gasteiger partial charge in [0.25, 0.3) is 0 Å². The number of benzene rings is 3. The minimum absolute atomic E-state index is 0.0137. The Kier molecular flexibility index (Phi) is 6.38. The minimum atomic E-state index is 0.0137. The fourth-order valence-electron chi connectivity index (χ4n) is 3.79. The Bertz CT molecular complexity index is 950. The molecule has 0 aliphatic rings. The highest BCUT2D eigenvalue weighted by molar-refractivity contribution is 5.78. The minimum Gasteiger partial charge on any atom is -0.392 e. The zero-order valence-corrected chi connectivity index (χ0v) is 17.5. The summed E-state index contributed by atoms with van der Waals surface area (Å²) in [4.78, 5) is 2.17. The van der Waals surface area contributed by atoms with Gasteiger partial charge >= 0.3 is 0 Å². The van der Waals surface area contributed by atoms with E-state index in [-0.39, 0.29) is 19.8 Å². The molecule has 0 atom stereocenters. The van der Waals surface area contributed by atoms with Crippen LogP contribution in [0.3, 0.4) is 0 Å². The lowest BCUT2D eigenvalue weighted by Gasteiger charge is -2.28. The predicted octanol–water partition coefficient (Wildman–Crippen LogP) is 4.87. The van der Waals surface area contributed by atoms with Gasteiger partial charge in [-0.25, -0.2) is 0 Å². The van der Waals surface area contributed by atoms with Gasteiger partial charge in [0.05, 0.1) is 19.8 Å². The third-order valence-corrected chi connectivity index (χ3v) is 5.61. The molecule has 0 aliphatic carbocycles. The molecule has 152 valence electrons. The lowest BCUT2D eigenvalue weighted by molar-refractivity contribution is 0.280. The molecule has 3 aromatic rings. The SMILES string of the molecule is Cc1cc(N(c2ccc(CO)c(C)c2)c2cc(C)c(CO)c(C)c2)ccc1CO. The summed E-state index contributed by atoms with van der Waals surface area (Å²) < 4.78 is 0. The fourth-order valence-corrected chi connectivity index (χ4v) is 3.79. The first-order chi connectivity index (χ1) is 13.9. The van der Waals surface area contributed by atoms with Gasteiger partial charge in [0.1, 0.15) is 0 Å². The molecule has 0 unspecified atom stereocenters. The molecule has 4 heteroatoms. The van der Waals surface area contributed by atoms with Crippen molar-refractivity contribution < 1.29 is 15.3 Å². The fraction of sp³-hybridized carbons (Fsp3) is 0.280. The molecule has 0 aromatic heterocycles. The molecule has 0 radical (unpaired) electrons. The molecule has 0 saturated heterocycles. The van der Waals surface area contributed by atoms with Crippen LogP contribution in [0.15, 0.2) is 48.5 Å². The molecule has 0 spiro atoms. The van der Waals surface area contributed by atoms with Gasteiger partial charge in [-0.3, -0.25) is 0 Å². The van der Waals surface area contributed by atoms with E-state index in [1.54, 1.807) is 0 Å². The standard InChI is InChI=1S/C25H29NO3/c1-16-9-22(7-5-20(16)13-27)26(23-8-6-21(14-28)17(2)10-23)24-11-18(3)25(15-29)19(4)12-24/h5-12,27-29H,13-15H2,1-4H3. The number of aryl methyl sites for hydroxylation is 4. The van der Waals surface area contributed by atoms with Crippen molar-refractivity contribution in [2.45, 2.75) is 47.5 Å². The molecular weight excluding hydrogens is 362 g/mol. The molecule has 0 aliphatic heterocycles. The summed E-state index contributed by atoms with van der Waals surface area (Å²) in [5.74, 6) is 0. The van der Waals surface area contributed by atoms with Crippen molar-refractivity contribution in [3.05, 3.63) is 87.5 Å². The second kappa shape index (κ2) is 8.78. The van der Waals surface area contributed by atoms with Crippen molar-refractivity contribution in [2.75, 3.05) is 4.90 Å². The number of hydrogen-bond acceptors (Lipinski definition) is 4. The third kappa shape index (κ3) is 4.20. The van der Waals surface area contributed by atoms with E-state index in [2.05, 4.69) is 29.2 Å². The van der Waals surface area contributed by atoms with Gasteiger partial charge in [0, 0.05) is 17.1 Å². The second-order valence-corrected chi connectivity index (χ2v) is 7.59. The highest BCUT2D eigenvalue weighted by atomic mass is 16.3. The van der Waals surface area contributed by atoms with Crippen LogP contribution in [0.2, 0.25) is 0 Å². The van der Waals surface area contributed by atoms with E-state index >= 15 is 0 Å². The van der Waals surface area contributed by atoms with Gasteiger partial charge < -0.3 is 20.2 Å².